The molecule has 0 heterocycles. The molecule has 13 heavy (non-hydrogen) atoms. The second-order valence-electron chi connectivity index (χ2n) is 3.30. The van der Waals surface area contributed by atoms with Gasteiger partial charge in [0.25, 0.3) is 0 Å². The van der Waals surface area contributed by atoms with Gasteiger partial charge in [-0.2, -0.15) is 0 Å². The largest absolute Gasteiger partial charge is 0.324 e. The van der Waals surface area contributed by atoms with Gasteiger partial charge in [-0.1, -0.05) is 43.5 Å². The third-order valence-electron chi connectivity index (χ3n) is 2.15. The first kappa shape index (κ1) is 10.6. The minimum atomic E-state index is 0.138. The van der Waals surface area contributed by atoms with E-state index in [0.717, 1.165) is 17.0 Å². The van der Waals surface area contributed by atoms with E-state index in [-0.39, 0.29) is 6.04 Å². The topological polar surface area (TPSA) is 26.0 Å². The lowest BCUT2D eigenvalue weighted by atomic mass is 10.0. The minimum absolute atomic E-state index is 0.138. The summed E-state index contributed by atoms with van der Waals surface area (Å²) in [5.41, 5.74) is 7.13. The van der Waals surface area contributed by atoms with Gasteiger partial charge in [0.15, 0.2) is 0 Å². The first-order valence-electron chi connectivity index (χ1n) is 4.75. The summed E-state index contributed by atoms with van der Waals surface area (Å²) in [7, 11) is 0. The summed E-state index contributed by atoms with van der Waals surface area (Å²) < 4.78 is 0. The Hall–Kier alpha value is -0.530. The van der Waals surface area contributed by atoms with Crippen molar-refractivity contribution in [1.29, 1.82) is 0 Å². The maximum Gasteiger partial charge on any atom is 0.0409 e. The van der Waals surface area contributed by atoms with E-state index in [2.05, 4.69) is 6.92 Å². The van der Waals surface area contributed by atoms with Crippen LogP contribution in [0, 0.1) is 0 Å². The first-order valence-corrected chi connectivity index (χ1v) is 5.13. The van der Waals surface area contributed by atoms with Gasteiger partial charge in [0.05, 0.1) is 0 Å². The van der Waals surface area contributed by atoms with Crippen LogP contribution >= 0.6 is 11.6 Å². The zero-order valence-electron chi connectivity index (χ0n) is 7.96. The van der Waals surface area contributed by atoms with Crippen LogP contribution < -0.4 is 5.73 Å². The Bertz CT molecular complexity index is 260. The summed E-state index contributed by atoms with van der Waals surface area (Å²) in [5.74, 6) is 0. The number of halogens is 1. The molecule has 1 rings (SSSR count). The van der Waals surface area contributed by atoms with Gasteiger partial charge >= 0.3 is 0 Å². The fraction of sp³-hybridized carbons (Fsp3) is 0.455. The van der Waals surface area contributed by atoms with Crippen molar-refractivity contribution in [2.24, 2.45) is 5.73 Å². The van der Waals surface area contributed by atoms with Crippen LogP contribution in [0.15, 0.2) is 24.3 Å². The molecule has 0 aromatic heterocycles. The zero-order valence-corrected chi connectivity index (χ0v) is 8.72. The van der Waals surface area contributed by atoms with Crippen LogP contribution in [0.3, 0.4) is 0 Å². The maximum absolute atomic E-state index is 5.99. The number of unbranched alkanes of at least 4 members (excludes halogenated alkanes) is 1. The SMILES string of the molecule is CCCC[C@@H](N)c1cccc(Cl)c1. The number of rotatable bonds is 4. The molecule has 0 bridgehead atoms. The highest BCUT2D eigenvalue weighted by molar-refractivity contribution is 6.30. The maximum atomic E-state index is 5.99. The molecule has 0 saturated carbocycles. The Balaban J connectivity index is 2.60. The van der Waals surface area contributed by atoms with Gasteiger partial charge in [-0.3, -0.25) is 0 Å². The van der Waals surface area contributed by atoms with Gasteiger partial charge in [-0.05, 0) is 24.1 Å². The number of benzene rings is 1. The molecule has 72 valence electrons. The molecule has 1 atom stereocenters. The van der Waals surface area contributed by atoms with Gasteiger partial charge < -0.3 is 5.73 Å². The Labute approximate surface area is 84.9 Å². The zero-order chi connectivity index (χ0) is 9.68. The quantitative estimate of drug-likeness (QED) is 0.785. The fourth-order valence-corrected chi connectivity index (χ4v) is 1.53. The summed E-state index contributed by atoms with van der Waals surface area (Å²) in [6.45, 7) is 2.17. The lowest BCUT2D eigenvalue weighted by molar-refractivity contribution is 0.603. The number of hydrogen-bond donors (Lipinski definition) is 1. The van der Waals surface area contributed by atoms with Crippen molar-refractivity contribution in [2.45, 2.75) is 32.2 Å². The van der Waals surface area contributed by atoms with Gasteiger partial charge in [-0.15, -0.1) is 0 Å². The van der Waals surface area contributed by atoms with Crippen LogP contribution in [0.25, 0.3) is 0 Å². The lowest BCUT2D eigenvalue weighted by Crippen LogP contribution is -2.09. The molecule has 0 spiro atoms. The van der Waals surface area contributed by atoms with E-state index in [4.69, 9.17) is 17.3 Å². The van der Waals surface area contributed by atoms with Crippen molar-refractivity contribution in [3.05, 3.63) is 34.9 Å². The Kier molecular flexibility index (Phi) is 4.26. The van der Waals surface area contributed by atoms with Crippen molar-refractivity contribution in [3.63, 3.8) is 0 Å². The molecule has 0 saturated heterocycles. The predicted octanol–water partition coefficient (Wildman–Crippen LogP) is 3.53. The van der Waals surface area contributed by atoms with E-state index in [1.165, 1.54) is 12.8 Å². The Morgan fingerprint density at radius 1 is 1.46 bits per heavy atom. The van der Waals surface area contributed by atoms with Crippen LogP contribution in [0.4, 0.5) is 0 Å². The molecule has 2 N–H and O–H groups in total. The highest BCUT2D eigenvalue weighted by Crippen LogP contribution is 2.19. The van der Waals surface area contributed by atoms with E-state index in [9.17, 15) is 0 Å². The smallest absolute Gasteiger partial charge is 0.0409 e. The lowest BCUT2D eigenvalue weighted by Gasteiger charge is -2.11. The molecule has 1 aromatic carbocycles. The summed E-state index contributed by atoms with van der Waals surface area (Å²) in [5, 5.41) is 0.768. The van der Waals surface area contributed by atoms with Crippen LogP contribution in [-0.4, -0.2) is 0 Å². The monoisotopic (exact) mass is 197 g/mol. The van der Waals surface area contributed by atoms with Gasteiger partial charge in [0.2, 0.25) is 0 Å². The second kappa shape index (κ2) is 5.25. The Morgan fingerprint density at radius 3 is 2.85 bits per heavy atom. The molecule has 2 heteroatoms. The molecule has 0 unspecified atom stereocenters. The van der Waals surface area contributed by atoms with E-state index in [0.29, 0.717) is 0 Å². The molecule has 1 nitrogen and oxygen atoms in total. The number of nitrogens with two attached hydrogens (primary N) is 1. The molecule has 0 fully saturated rings. The molecule has 1 aromatic rings. The fourth-order valence-electron chi connectivity index (χ4n) is 1.33. The second-order valence-corrected chi connectivity index (χ2v) is 3.74. The normalized spacial score (nSPS) is 12.8. The van der Waals surface area contributed by atoms with Gasteiger partial charge in [0.1, 0.15) is 0 Å². The summed E-state index contributed by atoms with van der Waals surface area (Å²) >= 11 is 5.87. The van der Waals surface area contributed by atoms with Gasteiger partial charge in [0, 0.05) is 11.1 Å². The van der Waals surface area contributed by atoms with E-state index >= 15 is 0 Å². The molecule has 0 radical (unpaired) electrons. The highest BCUT2D eigenvalue weighted by Gasteiger charge is 2.04. The van der Waals surface area contributed by atoms with Crippen LogP contribution in [0.5, 0.6) is 0 Å². The van der Waals surface area contributed by atoms with Crippen molar-refractivity contribution < 1.29 is 0 Å². The molecular weight excluding hydrogens is 182 g/mol. The van der Waals surface area contributed by atoms with Crippen molar-refractivity contribution >= 4 is 11.6 Å². The standard InChI is InChI=1S/C11H16ClN/c1-2-3-7-11(13)9-5-4-6-10(12)8-9/h4-6,8,11H,2-3,7,13H2,1H3/t11-/m1/s1. The molecular formula is C11H16ClN. The third-order valence-corrected chi connectivity index (χ3v) is 2.38. The summed E-state index contributed by atoms with van der Waals surface area (Å²) in [6, 6.07) is 7.94. The van der Waals surface area contributed by atoms with Gasteiger partial charge in [-0.25, -0.2) is 0 Å². The molecule has 0 amide bonds. The highest BCUT2D eigenvalue weighted by atomic mass is 35.5. The molecule has 0 aliphatic heterocycles. The van der Waals surface area contributed by atoms with Crippen LogP contribution in [0.2, 0.25) is 5.02 Å². The molecule has 0 aliphatic rings. The molecule has 0 aliphatic carbocycles. The van der Waals surface area contributed by atoms with E-state index < -0.39 is 0 Å². The van der Waals surface area contributed by atoms with Crippen LogP contribution in [-0.2, 0) is 0 Å². The average Bonchev–Trinajstić information content (AvgIpc) is 2.14. The van der Waals surface area contributed by atoms with E-state index in [1.807, 2.05) is 24.3 Å². The third kappa shape index (κ3) is 3.37. The minimum Gasteiger partial charge on any atom is -0.324 e. The van der Waals surface area contributed by atoms with Crippen LogP contribution in [0.1, 0.15) is 37.8 Å². The Morgan fingerprint density at radius 2 is 2.23 bits per heavy atom. The predicted molar refractivity (Wildman–Crippen MR) is 57.9 cm³/mol. The van der Waals surface area contributed by atoms with Crippen molar-refractivity contribution in [2.75, 3.05) is 0 Å². The van der Waals surface area contributed by atoms with E-state index in [1.54, 1.807) is 0 Å². The summed E-state index contributed by atoms with van der Waals surface area (Å²) in [4.78, 5) is 0. The van der Waals surface area contributed by atoms with Crippen molar-refractivity contribution in [3.8, 4) is 0 Å². The summed E-state index contributed by atoms with van der Waals surface area (Å²) in [6.07, 6.45) is 3.40. The number of hydrogen-bond acceptors (Lipinski definition) is 1. The average molecular weight is 198 g/mol. The first-order chi connectivity index (χ1) is 6.24. The van der Waals surface area contributed by atoms with Crippen molar-refractivity contribution in [1.82, 2.24) is 0 Å².